The number of carbonyl (C=O) groups excluding carboxylic acids is 2. The average Bonchev–Trinajstić information content (AvgIpc) is 3.67. The summed E-state index contributed by atoms with van der Waals surface area (Å²) in [7, 11) is 0. The van der Waals surface area contributed by atoms with Crippen LogP contribution in [0.5, 0.6) is 0 Å². The number of piperidine rings is 2. The van der Waals surface area contributed by atoms with Crippen LogP contribution in [-0.2, 0) is 14.9 Å². The highest BCUT2D eigenvalue weighted by Crippen LogP contribution is 2.52. The topological polar surface area (TPSA) is 108 Å². The maximum atomic E-state index is 15.6. The van der Waals surface area contributed by atoms with E-state index in [1.54, 1.807) is 19.3 Å². The molecule has 4 aromatic rings. The van der Waals surface area contributed by atoms with Crippen LogP contribution in [0.25, 0.3) is 22.3 Å². The Morgan fingerprint density at radius 1 is 0.982 bits per heavy atom. The van der Waals surface area contributed by atoms with Crippen LogP contribution in [0.2, 0.25) is 0 Å². The number of pyridine rings is 1. The highest BCUT2D eigenvalue weighted by Gasteiger charge is 2.56. The molecular weight excluding hydrogens is 696 g/mol. The summed E-state index contributed by atoms with van der Waals surface area (Å²) >= 11 is 0. The lowest BCUT2D eigenvalue weighted by molar-refractivity contribution is -0.128. The van der Waals surface area contributed by atoms with Crippen LogP contribution in [-0.4, -0.2) is 100 Å². The van der Waals surface area contributed by atoms with Crippen molar-refractivity contribution >= 4 is 40.0 Å². The summed E-state index contributed by atoms with van der Waals surface area (Å²) in [6.07, 6.45) is 9.24. The number of ether oxygens (including phenoxy) is 1. The number of benzene rings is 2. The molecule has 0 radical (unpaired) electrons. The van der Waals surface area contributed by atoms with E-state index in [1.807, 2.05) is 17.6 Å². The molecule has 9 rings (SSSR count). The number of fused-ring (bicyclic) bond motifs is 3. The fourth-order valence-electron chi connectivity index (χ4n) is 9.74. The minimum Gasteiger partial charge on any atom is -0.378 e. The van der Waals surface area contributed by atoms with Gasteiger partial charge in [0.1, 0.15) is 11.3 Å². The number of rotatable bonds is 9. The predicted molar refractivity (Wildman–Crippen MR) is 213 cm³/mol. The van der Waals surface area contributed by atoms with E-state index < -0.39 is 11.2 Å². The zero-order valence-electron chi connectivity index (χ0n) is 32.5. The molecule has 2 aromatic carbocycles. The van der Waals surface area contributed by atoms with Gasteiger partial charge in [-0.1, -0.05) is 18.6 Å². The first kappa shape index (κ1) is 36.3. The molecule has 0 atom stereocenters. The summed E-state index contributed by atoms with van der Waals surface area (Å²) in [5.74, 6) is -0.0271. The van der Waals surface area contributed by atoms with Crippen LogP contribution < -0.4 is 15.5 Å². The minimum absolute atomic E-state index is 0.0715. The molecule has 5 aliphatic rings. The standard InChI is InChI=1S/C43H53FN8O3/c1-5-45-41(53)32-21-36(34(44)17-27(32)4)48-40-39-37(46-25-51(39)26(2)3)22-35(47-40)28-9-10-33-38(18-28)52(30-19-29(20-30)49-13-7-6-8-14-49)42(54)43(33)11-15-50(16-12-43)31-23-55-24-31/h9-10,17-18,21-22,25-26,29-31H,5-8,11-16,19-20,23-24H2,1-4H3,(H,45,53)(H,47,48). The fourth-order valence-corrected chi connectivity index (χ4v) is 9.74. The number of imidazole rings is 1. The van der Waals surface area contributed by atoms with Gasteiger partial charge in [-0.2, -0.15) is 0 Å². The summed E-state index contributed by atoms with van der Waals surface area (Å²) in [6.45, 7) is 13.9. The highest BCUT2D eigenvalue weighted by molar-refractivity contribution is 6.09. The number of likely N-dealkylation sites (tertiary alicyclic amines) is 2. The minimum atomic E-state index is -0.532. The largest absolute Gasteiger partial charge is 0.378 e. The third kappa shape index (κ3) is 6.21. The normalized spacial score (nSPS) is 22.9. The number of amides is 2. The van der Waals surface area contributed by atoms with E-state index in [9.17, 15) is 9.59 Å². The molecule has 1 aliphatic carbocycles. The van der Waals surface area contributed by atoms with E-state index in [0.29, 0.717) is 41.3 Å². The van der Waals surface area contributed by atoms with Crippen LogP contribution in [0.15, 0.2) is 42.7 Å². The molecule has 1 saturated carbocycles. The van der Waals surface area contributed by atoms with Crippen LogP contribution in [0.4, 0.5) is 21.6 Å². The molecule has 3 saturated heterocycles. The Kier molecular flexibility index (Phi) is 9.41. The second-order valence-electron chi connectivity index (χ2n) is 16.7. The van der Waals surface area contributed by atoms with Gasteiger partial charge in [0.25, 0.3) is 5.91 Å². The first-order valence-corrected chi connectivity index (χ1v) is 20.4. The van der Waals surface area contributed by atoms with Crippen molar-refractivity contribution in [3.05, 3.63) is 65.2 Å². The number of nitrogens with one attached hydrogen (secondary N) is 2. The first-order valence-electron chi connectivity index (χ1n) is 20.4. The lowest BCUT2D eigenvalue weighted by Crippen LogP contribution is -2.59. The van der Waals surface area contributed by atoms with Gasteiger partial charge in [0.05, 0.1) is 47.9 Å². The summed E-state index contributed by atoms with van der Waals surface area (Å²) in [6, 6.07) is 12.6. The molecule has 0 unspecified atom stereocenters. The summed E-state index contributed by atoms with van der Waals surface area (Å²) in [5.41, 5.74) is 5.75. The summed E-state index contributed by atoms with van der Waals surface area (Å²) < 4.78 is 23.2. The van der Waals surface area contributed by atoms with Crippen molar-refractivity contribution in [3.8, 4) is 11.3 Å². The van der Waals surface area contributed by atoms with E-state index in [2.05, 4.69) is 57.4 Å². The summed E-state index contributed by atoms with van der Waals surface area (Å²) in [5, 5.41) is 6.10. The first-order chi connectivity index (χ1) is 26.6. The van der Waals surface area contributed by atoms with Crippen LogP contribution in [0.3, 0.4) is 0 Å². The van der Waals surface area contributed by atoms with Gasteiger partial charge in [0.2, 0.25) is 5.91 Å². The van der Waals surface area contributed by atoms with E-state index in [0.717, 1.165) is 92.9 Å². The Morgan fingerprint density at radius 2 is 1.73 bits per heavy atom. The molecule has 12 heteroatoms. The monoisotopic (exact) mass is 748 g/mol. The number of aryl methyl sites for hydroxylation is 1. The molecule has 2 aromatic heterocycles. The number of hydrogen-bond acceptors (Lipinski definition) is 8. The molecule has 2 amide bonds. The Hall–Kier alpha value is -4.39. The van der Waals surface area contributed by atoms with Gasteiger partial charge in [-0.15, -0.1) is 0 Å². The number of hydrogen-bond donors (Lipinski definition) is 2. The predicted octanol–water partition coefficient (Wildman–Crippen LogP) is 6.72. The van der Waals surface area contributed by atoms with Crippen molar-refractivity contribution in [2.75, 3.05) is 56.2 Å². The van der Waals surface area contributed by atoms with Crippen LogP contribution in [0, 0.1) is 12.7 Å². The third-order valence-electron chi connectivity index (χ3n) is 13.1. The second-order valence-corrected chi connectivity index (χ2v) is 16.7. The van der Waals surface area contributed by atoms with E-state index in [4.69, 9.17) is 14.7 Å². The maximum Gasteiger partial charge on any atom is 0.251 e. The van der Waals surface area contributed by atoms with Crippen molar-refractivity contribution in [1.29, 1.82) is 0 Å². The molecule has 0 bridgehead atoms. The zero-order chi connectivity index (χ0) is 38.0. The van der Waals surface area contributed by atoms with Gasteiger partial charge >= 0.3 is 0 Å². The van der Waals surface area contributed by atoms with E-state index in [1.165, 1.54) is 25.3 Å². The zero-order valence-corrected chi connectivity index (χ0v) is 32.5. The molecule has 290 valence electrons. The van der Waals surface area contributed by atoms with E-state index in [-0.39, 0.29) is 29.6 Å². The quantitative estimate of drug-likeness (QED) is 0.195. The van der Waals surface area contributed by atoms with Crippen molar-refractivity contribution in [1.82, 2.24) is 29.7 Å². The number of aromatic nitrogens is 3. The Morgan fingerprint density at radius 3 is 2.42 bits per heavy atom. The second kappa shape index (κ2) is 14.3. The van der Waals surface area contributed by atoms with Crippen molar-refractivity contribution in [3.63, 3.8) is 0 Å². The lowest BCUT2D eigenvalue weighted by Gasteiger charge is -2.48. The number of anilines is 3. The van der Waals surface area contributed by atoms with Crippen LogP contribution in [0.1, 0.15) is 93.2 Å². The molecule has 55 heavy (non-hydrogen) atoms. The van der Waals surface area contributed by atoms with Gasteiger partial charge in [0.15, 0.2) is 5.82 Å². The van der Waals surface area contributed by atoms with Crippen molar-refractivity contribution in [2.45, 2.75) is 102 Å². The SMILES string of the molecule is CCNC(=O)c1cc(Nc2nc(-c3ccc4c(c3)N(C3CC(N5CCCCC5)C3)C(=O)C43CCN(C4COC4)CC3)cc3ncn(C(C)C)c23)c(F)cc1C. The smallest absolute Gasteiger partial charge is 0.251 e. The molecule has 1 spiro atoms. The van der Waals surface area contributed by atoms with Gasteiger partial charge in [0, 0.05) is 41.5 Å². The Labute approximate surface area is 322 Å². The van der Waals surface area contributed by atoms with Crippen LogP contribution >= 0.6 is 0 Å². The van der Waals surface area contributed by atoms with E-state index >= 15 is 4.39 Å². The third-order valence-corrected chi connectivity index (χ3v) is 13.1. The maximum absolute atomic E-state index is 15.6. The molecule has 4 fully saturated rings. The van der Waals surface area contributed by atoms with Crippen molar-refractivity contribution < 1.29 is 18.7 Å². The van der Waals surface area contributed by atoms with Gasteiger partial charge < -0.3 is 29.7 Å². The lowest BCUT2D eigenvalue weighted by atomic mass is 9.73. The Bertz CT molecular complexity index is 2130. The molecule has 6 heterocycles. The fraction of sp³-hybridized carbons (Fsp3) is 0.535. The molecule has 4 aliphatic heterocycles. The molecular formula is C43H53FN8O3. The molecule has 2 N–H and O–H groups in total. The Balaban J connectivity index is 1.10. The average molecular weight is 749 g/mol. The number of halogens is 1. The summed E-state index contributed by atoms with van der Waals surface area (Å²) in [4.78, 5) is 45.1. The highest BCUT2D eigenvalue weighted by atomic mass is 19.1. The van der Waals surface area contributed by atoms with Gasteiger partial charge in [-0.05, 0) is 128 Å². The number of nitrogens with zero attached hydrogens (tertiary/aromatic N) is 6. The van der Waals surface area contributed by atoms with Gasteiger partial charge in [-0.3, -0.25) is 14.5 Å². The van der Waals surface area contributed by atoms with Crippen molar-refractivity contribution in [2.24, 2.45) is 0 Å². The molecule has 11 nitrogen and oxygen atoms in total. The number of carbonyl (C=O) groups is 2. The van der Waals surface area contributed by atoms with Gasteiger partial charge in [-0.25, -0.2) is 14.4 Å².